The van der Waals surface area contributed by atoms with E-state index >= 15 is 0 Å². The summed E-state index contributed by atoms with van der Waals surface area (Å²) in [6.45, 7) is 3.28. The second-order valence-corrected chi connectivity index (χ2v) is 6.66. The highest BCUT2D eigenvalue weighted by Gasteiger charge is 2.17. The third-order valence-corrected chi connectivity index (χ3v) is 4.72. The third-order valence-electron chi connectivity index (χ3n) is 4.72. The van der Waals surface area contributed by atoms with E-state index in [1.54, 1.807) is 23.0 Å². The molecule has 0 aliphatic carbocycles. The minimum atomic E-state index is -0.478. The molecule has 1 saturated heterocycles. The fraction of sp³-hybridized carbons (Fsp3) is 0.450. The molecule has 1 aliphatic rings. The fourth-order valence-corrected chi connectivity index (χ4v) is 3.18. The molecule has 3 rings (SSSR count). The van der Waals surface area contributed by atoms with Crippen LogP contribution in [-0.4, -0.2) is 46.3 Å². The highest BCUT2D eigenvalue weighted by Crippen LogP contribution is 2.13. The average molecular weight is 355 g/mol. The van der Waals surface area contributed by atoms with Crippen molar-refractivity contribution in [2.45, 2.75) is 39.0 Å². The molecule has 6 nitrogen and oxygen atoms in total. The van der Waals surface area contributed by atoms with Crippen molar-refractivity contribution in [3.63, 3.8) is 0 Å². The molecule has 2 heterocycles. The summed E-state index contributed by atoms with van der Waals surface area (Å²) < 4.78 is 7.01. The first kappa shape index (κ1) is 18.2. The summed E-state index contributed by atoms with van der Waals surface area (Å²) >= 11 is 0. The highest BCUT2D eigenvalue weighted by molar-refractivity contribution is 5.91. The summed E-state index contributed by atoms with van der Waals surface area (Å²) in [6.07, 6.45) is 7.33. The van der Waals surface area contributed by atoms with Crippen LogP contribution in [0, 0.1) is 6.92 Å². The summed E-state index contributed by atoms with van der Waals surface area (Å²) in [5.41, 5.74) is 2.32. The van der Waals surface area contributed by atoms with Crippen molar-refractivity contribution >= 4 is 11.9 Å². The van der Waals surface area contributed by atoms with E-state index in [0.717, 1.165) is 50.2 Å². The number of benzene rings is 1. The number of carbonyl (C=O) groups excluding carboxylic acids is 2. The first-order valence-corrected chi connectivity index (χ1v) is 9.21. The van der Waals surface area contributed by atoms with E-state index in [0.29, 0.717) is 5.56 Å². The van der Waals surface area contributed by atoms with Gasteiger partial charge in [0.05, 0.1) is 11.3 Å². The van der Waals surface area contributed by atoms with Crippen LogP contribution in [0.2, 0.25) is 0 Å². The van der Waals surface area contributed by atoms with Gasteiger partial charge in [-0.25, -0.2) is 9.48 Å². The highest BCUT2D eigenvalue weighted by atomic mass is 16.5. The summed E-state index contributed by atoms with van der Waals surface area (Å²) in [5.74, 6) is -0.585. The molecular weight excluding hydrogens is 330 g/mol. The van der Waals surface area contributed by atoms with Gasteiger partial charge in [-0.15, -0.1) is 0 Å². The molecule has 0 spiro atoms. The predicted octanol–water partition coefficient (Wildman–Crippen LogP) is 3.13. The standard InChI is InChI=1S/C20H25N3O3/c1-16-11-12-21-23(16)18-9-7-17(8-10-18)20(25)26-15-19(24)22-13-5-3-2-4-6-14-22/h7-12H,2-6,13-15H2,1H3. The number of carbonyl (C=O) groups is 2. The molecule has 2 aromatic rings. The van der Waals surface area contributed by atoms with E-state index in [4.69, 9.17) is 4.74 Å². The smallest absolute Gasteiger partial charge is 0.338 e. The van der Waals surface area contributed by atoms with Gasteiger partial charge in [0.1, 0.15) is 0 Å². The Hall–Kier alpha value is -2.63. The van der Waals surface area contributed by atoms with Crippen molar-refractivity contribution in [1.82, 2.24) is 14.7 Å². The van der Waals surface area contributed by atoms with E-state index in [9.17, 15) is 9.59 Å². The second-order valence-electron chi connectivity index (χ2n) is 6.66. The number of ether oxygens (including phenoxy) is 1. The molecule has 0 radical (unpaired) electrons. The number of likely N-dealkylation sites (tertiary alicyclic amines) is 1. The van der Waals surface area contributed by atoms with Crippen LogP contribution in [0.1, 0.15) is 48.2 Å². The molecular formula is C20H25N3O3. The SMILES string of the molecule is Cc1ccnn1-c1ccc(C(=O)OCC(=O)N2CCCCCCC2)cc1. The van der Waals surface area contributed by atoms with Crippen molar-refractivity contribution in [2.75, 3.05) is 19.7 Å². The third kappa shape index (κ3) is 4.50. The van der Waals surface area contributed by atoms with Gasteiger partial charge in [-0.1, -0.05) is 19.3 Å². The van der Waals surface area contributed by atoms with Crippen molar-refractivity contribution in [3.05, 3.63) is 47.8 Å². The molecule has 0 saturated carbocycles. The van der Waals surface area contributed by atoms with Gasteiger partial charge in [0.25, 0.3) is 5.91 Å². The molecule has 0 unspecified atom stereocenters. The van der Waals surface area contributed by atoms with E-state index in [1.807, 2.05) is 30.0 Å². The van der Waals surface area contributed by atoms with Crippen LogP contribution in [0.4, 0.5) is 0 Å². The Balaban J connectivity index is 1.54. The van der Waals surface area contributed by atoms with Crippen molar-refractivity contribution in [3.8, 4) is 5.69 Å². The van der Waals surface area contributed by atoms with Gasteiger partial charge < -0.3 is 9.64 Å². The first-order chi connectivity index (χ1) is 12.6. The molecule has 0 N–H and O–H groups in total. The zero-order valence-corrected chi connectivity index (χ0v) is 15.2. The van der Waals surface area contributed by atoms with Gasteiger partial charge in [0.15, 0.2) is 6.61 Å². The number of hydrogen-bond acceptors (Lipinski definition) is 4. The molecule has 1 amide bonds. The minimum absolute atomic E-state index is 0.107. The maximum Gasteiger partial charge on any atom is 0.338 e. The van der Waals surface area contributed by atoms with Crippen LogP contribution in [0.15, 0.2) is 36.5 Å². The molecule has 1 aromatic heterocycles. The topological polar surface area (TPSA) is 64.4 Å². The van der Waals surface area contributed by atoms with Crippen LogP contribution in [0.3, 0.4) is 0 Å². The Bertz CT molecular complexity index is 744. The maximum absolute atomic E-state index is 12.3. The number of nitrogens with zero attached hydrogens (tertiary/aromatic N) is 3. The van der Waals surface area contributed by atoms with Crippen LogP contribution in [0.5, 0.6) is 0 Å². The number of aromatic nitrogens is 2. The fourth-order valence-electron chi connectivity index (χ4n) is 3.18. The monoisotopic (exact) mass is 355 g/mol. The Morgan fingerprint density at radius 1 is 1.00 bits per heavy atom. The quantitative estimate of drug-likeness (QED) is 0.791. The van der Waals surface area contributed by atoms with Crippen LogP contribution >= 0.6 is 0 Å². The maximum atomic E-state index is 12.3. The average Bonchev–Trinajstić information content (AvgIpc) is 3.05. The van der Waals surface area contributed by atoms with Gasteiger partial charge in [0, 0.05) is 25.0 Å². The van der Waals surface area contributed by atoms with Gasteiger partial charge >= 0.3 is 5.97 Å². The zero-order chi connectivity index (χ0) is 18.4. The van der Waals surface area contributed by atoms with Gasteiger partial charge in [-0.05, 0) is 50.1 Å². The zero-order valence-electron chi connectivity index (χ0n) is 15.2. The van der Waals surface area contributed by atoms with Crippen LogP contribution in [0.25, 0.3) is 5.69 Å². The number of aryl methyl sites for hydroxylation is 1. The minimum Gasteiger partial charge on any atom is -0.452 e. The van der Waals surface area contributed by atoms with Gasteiger partial charge in [-0.3, -0.25) is 4.79 Å². The molecule has 138 valence electrons. The number of amides is 1. The number of hydrogen-bond donors (Lipinski definition) is 0. The lowest BCUT2D eigenvalue weighted by atomic mass is 10.1. The van der Waals surface area contributed by atoms with Crippen LogP contribution in [-0.2, 0) is 9.53 Å². The summed E-state index contributed by atoms with van der Waals surface area (Å²) in [7, 11) is 0. The van der Waals surface area contributed by atoms with Crippen LogP contribution < -0.4 is 0 Å². The molecule has 6 heteroatoms. The Morgan fingerprint density at radius 3 is 2.27 bits per heavy atom. The van der Waals surface area contributed by atoms with E-state index in [2.05, 4.69) is 5.10 Å². The lowest BCUT2D eigenvalue weighted by Crippen LogP contribution is -2.36. The Labute approximate surface area is 153 Å². The lowest BCUT2D eigenvalue weighted by Gasteiger charge is -2.24. The summed E-state index contributed by atoms with van der Waals surface area (Å²) in [4.78, 5) is 26.3. The Kier molecular flexibility index (Phi) is 6.04. The summed E-state index contributed by atoms with van der Waals surface area (Å²) in [6, 6.07) is 8.94. The molecule has 1 fully saturated rings. The van der Waals surface area contributed by atoms with Crippen molar-refractivity contribution in [1.29, 1.82) is 0 Å². The number of rotatable bonds is 4. The Morgan fingerprint density at radius 2 is 1.65 bits per heavy atom. The molecule has 0 bridgehead atoms. The number of esters is 1. The van der Waals surface area contributed by atoms with Gasteiger partial charge in [-0.2, -0.15) is 5.10 Å². The van der Waals surface area contributed by atoms with Gasteiger partial charge in [0.2, 0.25) is 0 Å². The van der Waals surface area contributed by atoms with Crippen molar-refractivity contribution < 1.29 is 14.3 Å². The summed E-state index contributed by atoms with van der Waals surface area (Å²) in [5, 5.41) is 4.24. The first-order valence-electron chi connectivity index (χ1n) is 9.21. The van der Waals surface area contributed by atoms with E-state index < -0.39 is 5.97 Å². The van der Waals surface area contributed by atoms with E-state index in [1.165, 1.54) is 6.42 Å². The van der Waals surface area contributed by atoms with Crippen molar-refractivity contribution in [2.24, 2.45) is 0 Å². The second kappa shape index (κ2) is 8.65. The molecule has 0 atom stereocenters. The largest absolute Gasteiger partial charge is 0.452 e. The van der Waals surface area contributed by atoms with E-state index in [-0.39, 0.29) is 12.5 Å². The predicted molar refractivity (Wildman–Crippen MR) is 98.2 cm³/mol. The molecule has 26 heavy (non-hydrogen) atoms. The molecule has 1 aliphatic heterocycles. The lowest BCUT2D eigenvalue weighted by molar-refractivity contribution is -0.134. The normalized spacial score (nSPS) is 15.2. The molecule has 1 aromatic carbocycles.